The van der Waals surface area contributed by atoms with Gasteiger partial charge in [0, 0.05) is 35.6 Å². The van der Waals surface area contributed by atoms with Gasteiger partial charge in [-0.3, -0.25) is 14.6 Å². The minimum Gasteiger partial charge on any atom is -0.336 e. The van der Waals surface area contributed by atoms with Crippen LogP contribution in [0.15, 0.2) is 35.8 Å². The van der Waals surface area contributed by atoms with Gasteiger partial charge in [0.2, 0.25) is 5.91 Å². The molecule has 2 aromatic rings. The van der Waals surface area contributed by atoms with E-state index in [1.807, 2.05) is 39.4 Å². The summed E-state index contributed by atoms with van der Waals surface area (Å²) in [5.74, 6) is 0.146. The van der Waals surface area contributed by atoms with Crippen LogP contribution in [0.4, 0.5) is 0 Å². The normalized spacial score (nSPS) is 22.2. The lowest BCUT2D eigenvalue weighted by Crippen LogP contribution is -2.47. The Bertz CT molecular complexity index is 820. The first-order chi connectivity index (χ1) is 13.2. The number of carbonyl (C=O) groups is 2. The maximum atomic E-state index is 13.1. The number of fused-ring (bicyclic) bond motifs is 4. The average Bonchev–Trinajstić information content (AvgIpc) is 2.98. The van der Waals surface area contributed by atoms with Crippen LogP contribution in [0.5, 0.6) is 0 Å². The van der Waals surface area contributed by atoms with Gasteiger partial charge in [0.05, 0.1) is 23.7 Å². The molecule has 0 N–H and O–H groups in total. The molecule has 0 aromatic carbocycles. The smallest absolute Gasteiger partial charge is 0.254 e. The first kappa shape index (κ1) is 18.2. The van der Waals surface area contributed by atoms with Gasteiger partial charge in [-0.2, -0.15) is 0 Å². The number of aryl methyl sites for hydroxylation is 1. The van der Waals surface area contributed by atoms with Crippen molar-refractivity contribution in [2.75, 3.05) is 13.1 Å². The zero-order valence-corrected chi connectivity index (χ0v) is 16.5. The molecule has 5 rings (SSSR count). The van der Waals surface area contributed by atoms with Crippen molar-refractivity contribution in [3.05, 3.63) is 52.0 Å². The fourth-order valence-corrected chi connectivity index (χ4v) is 5.10. The van der Waals surface area contributed by atoms with Crippen molar-refractivity contribution in [2.24, 2.45) is 5.92 Å². The summed E-state index contributed by atoms with van der Waals surface area (Å²) in [4.78, 5) is 35.5. The quantitative estimate of drug-likeness (QED) is 0.796. The Morgan fingerprint density at radius 2 is 2.19 bits per heavy atom. The van der Waals surface area contributed by atoms with Gasteiger partial charge in [0.25, 0.3) is 5.91 Å². The van der Waals surface area contributed by atoms with E-state index in [4.69, 9.17) is 0 Å². The SMILES string of the molecule is CCCc1cc(C(=O)N2C[C@@H]3CC[C@H](C2)N(Cc2ccccn2)C3=O)cs1. The van der Waals surface area contributed by atoms with E-state index in [9.17, 15) is 9.59 Å². The zero-order valence-electron chi connectivity index (χ0n) is 15.6. The fourth-order valence-electron chi connectivity index (χ4n) is 4.13. The molecule has 0 saturated carbocycles. The molecular weight excluding hydrogens is 358 g/mol. The Labute approximate surface area is 164 Å². The Kier molecular flexibility index (Phi) is 5.25. The summed E-state index contributed by atoms with van der Waals surface area (Å²) in [7, 11) is 0. The van der Waals surface area contributed by atoms with Crippen LogP contribution < -0.4 is 0 Å². The largest absolute Gasteiger partial charge is 0.336 e. The van der Waals surface area contributed by atoms with Gasteiger partial charge in [0.15, 0.2) is 0 Å². The van der Waals surface area contributed by atoms with Crippen molar-refractivity contribution in [3.8, 4) is 0 Å². The Morgan fingerprint density at radius 3 is 2.96 bits per heavy atom. The molecule has 2 amide bonds. The van der Waals surface area contributed by atoms with E-state index in [0.717, 1.165) is 36.9 Å². The molecule has 2 aromatic heterocycles. The van der Waals surface area contributed by atoms with Crippen LogP contribution in [0, 0.1) is 5.92 Å². The van der Waals surface area contributed by atoms with Gasteiger partial charge in [-0.25, -0.2) is 0 Å². The third-order valence-corrected chi connectivity index (χ3v) is 6.53. The predicted molar refractivity (Wildman–Crippen MR) is 106 cm³/mol. The second-order valence-electron chi connectivity index (χ2n) is 7.48. The van der Waals surface area contributed by atoms with Crippen LogP contribution in [-0.4, -0.2) is 45.7 Å². The minimum absolute atomic E-state index is 0.0676. The molecule has 0 spiro atoms. The molecule has 27 heavy (non-hydrogen) atoms. The van der Waals surface area contributed by atoms with Crippen LogP contribution >= 0.6 is 11.3 Å². The van der Waals surface area contributed by atoms with E-state index in [-0.39, 0.29) is 23.8 Å². The molecule has 142 valence electrons. The number of hydrogen-bond acceptors (Lipinski definition) is 4. The average molecular weight is 384 g/mol. The highest BCUT2D eigenvalue weighted by Gasteiger charge is 2.42. The van der Waals surface area contributed by atoms with Crippen LogP contribution in [-0.2, 0) is 17.8 Å². The number of carbonyl (C=O) groups excluding carboxylic acids is 2. The van der Waals surface area contributed by atoms with E-state index >= 15 is 0 Å². The van der Waals surface area contributed by atoms with Crippen molar-refractivity contribution in [1.29, 1.82) is 0 Å². The van der Waals surface area contributed by atoms with E-state index < -0.39 is 0 Å². The van der Waals surface area contributed by atoms with E-state index in [2.05, 4.69) is 11.9 Å². The Morgan fingerprint density at radius 1 is 1.30 bits per heavy atom. The molecule has 6 heteroatoms. The molecule has 3 aliphatic rings. The van der Waals surface area contributed by atoms with E-state index in [1.54, 1.807) is 17.5 Å². The van der Waals surface area contributed by atoms with Gasteiger partial charge in [-0.05, 0) is 37.5 Å². The summed E-state index contributed by atoms with van der Waals surface area (Å²) < 4.78 is 0. The number of nitrogens with zero attached hydrogens (tertiary/aromatic N) is 3. The third-order valence-electron chi connectivity index (χ3n) is 5.54. The van der Waals surface area contributed by atoms with Crippen molar-refractivity contribution < 1.29 is 9.59 Å². The molecule has 2 atom stereocenters. The lowest BCUT2D eigenvalue weighted by molar-refractivity contribution is -0.140. The summed E-state index contributed by atoms with van der Waals surface area (Å²) in [5, 5.41) is 1.97. The molecular formula is C21H25N3O2S. The van der Waals surface area contributed by atoms with Crippen molar-refractivity contribution in [2.45, 2.75) is 45.2 Å². The number of piperidine rings is 1. The van der Waals surface area contributed by atoms with Gasteiger partial charge < -0.3 is 9.80 Å². The van der Waals surface area contributed by atoms with E-state index in [0.29, 0.717) is 19.6 Å². The highest BCUT2D eigenvalue weighted by Crippen LogP contribution is 2.31. The summed E-state index contributed by atoms with van der Waals surface area (Å²) in [6.45, 7) is 3.83. The second kappa shape index (κ2) is 7.80. The monoisotopic (exact) mass is 383 g/mol. The zero-order chi connectivity index (χ0) is 18.8. The molecule has 3 saturated heterocycles. The fraction of sp³-hybridized carbons (Fsp3) is 0.476. The van der Waals surface area contributed by atoms with Crippen LogP contribution in [0.25, 0.3) is 0 Å². The first-order valence-corrected chi connectivity index (χ1v) is 10.6. The molecule has 3 aliphatic heterocycles. The van der Waals surface area contributed by atoms with E-state index in [1.165, 1.54) is 4.88 Å². The lowest BCUT2D eigenvalue weighted by atomic mass is 9.94. The lowest BCUT2D eigenvalue weighted by Gasteiger charge is -2.35. The number of pyridine rings is 1. The molecule has 5 nitrogen and oxygen atoms in total. The summed E-state index contributed by atoms with van der Waals surface area (Å²) in [5.41, 5.74) is 1.67. The van der Waals surface area contributed by atoms with Crippen molar-refractivity contribution in [3.63, 3.8) is 0 Å². The molecule has 5 heterocycles. The number of rotatable bonds is 5. The number of amides is 2. The van der Waals surface area contributed by atoms with Gasteiger partial charge in [-0.1, -0.05) is 19.4 Å². The highest BCUT2D eigenvalue weighted by molar-refractivity contribution is 7.10. The van der Waals surface area contributed by atoms with Gasteiger partial charge in [0.1, 0.15) is 0 Å². The Hall–Kier alpha value is -2.21. The van der Waals surface area contributed by atoms with Crippen LogP contribution in [0.3, 0.4) is 0 Å². The summed E-state index contributed by atoms with van der Waals surface area (Å²) >= 11 is 1.66. The predicted octanol–water partition coefficient (Wildman–Crippen LogP) is 3.36. The highest BCUT2D eigenvalue weighted by atomic mass is 32.1. The first-order valence-electron chi connectivity index (χ1n) is 9.72. The Balaban J connectivity index is 1.51. The molecule has 2 bridgehead atoms. The molecule has 0 radical (unpaired) electrons. The summed E-state index contributed by atoms with van der Waals surface area (Å²) in [6, 6.07) is 7.89. The third kappa shape index (κ3) is 3.76. The van der Waals surface area contributed by atoms with Crippen molar-refractivity contribution in [1.82, 2.24) is 14.8 Å². The van der Waals surface area contributed by atoms with Crippen LogP contribution in [0.1, 0.15) is 47.1 Å². The van der Waals surface area contributed by atoms with Crippen molar-refractivity contribution >= 4 is 23.2 Å². The van der Waals surface area contributed by atoms with Crippen LogP contribution in [0.2, 0.25) is 0 Å². The standard InChI is InChI=1S/C21H25N3O2S/c1-2-5-19-10-16(14-27-19)20(25)23-11-15-7-8-18(13-23)24(21(15)26)12-17-6-3-4-9-22-17/h3-4,6,9-10,14-15,18H,2,5,7-8,11-13H2,1H3/t15-,18+/m0/s1. The maximum absolute atomic E-state index is 13.1. The number of thiophene rings is 1. The van der Waals surface area contributed by atoms with Gasteiger partial charge >= 0.3 is 0 Å². The number of hydrogen-bond donors (Lipinski definition) is 0. The molecule has 3 fully saturated rings. The second-order valence-corrected chi connectivity index (χ2v) is 8.47. The minimum atomic E-state index is -0.0924. The molecule has 0 aliphatic carbocycles. The number of aromatic nitrogens is 1. The van der Waals surface area contributed by atoms with Gasteiger partial charge in [-0.15, -0.1) is 11.3 Å². The summed E-state index contributed by atoms with van der Waals surface area (Å²) in [6.07, 6.45) is 5.68. The molecule has 0 unspecified atom stereocenters. The topological polar surface area (TPSA) is 53.5 Å². The maximum Gasteiger partial charge on any atom is 0.254 e.